The lowest BCUT2D eigenvalue weighted by Gasteiger charge is -2.26. The first-order chi connectivity index (χ1) is 13.8. The fraction of sp³-hybridized carbons (Fsp3) is 0.522. The highest BCUT2D eigenvalue weighted by Gasteiger charge is 2.22. The van der Waals surface area contributed by atoms with E-state index < -0.39 is 5.97 Å². The molecule has 3 rings (SSSR count). The highest BCUT2D eigenvalue weighted by Crippen LogP contribution is 2.29. The second kappa shape index (κ2) is 9.25. The summed E-state index contributed by atoms with van der Waals surface area (Å²) in [4.78, 5) is 24.6. The molecular weight excluding hydrogens is 366 g/mol. The summed E-state index contributed by atoms with van der Waals surface area (Å²) in [6, 6.07) is 8.18. The fourth-order valence-corrected chi connectivity index (χ4v) is 3.99. The molecule has 1 atom stereocenters. The predicted molar refractivity (Wildman–Crippen MR) is 111 cm³/mol. The molecule has 1 aromatic heterocycles. The average molecular weight is 398 g/mol. The van der Waals surface area contributed by atoms with Gasteiger partial charge in [0.25, 0.3) is 5.91 Å². The molecule has 1 aliphatic carbocycles. The van der Waals surface area contributed by atoms with E-state index in [4.69, 9.17) is 4.74 Å². The van der Waals surface area contributed by atoms with Crippen LogP contribution < -0.4 is 5.32 Å². The van der Waals surface area contributed by atoms with E-state index in [2.05, 4.69) is 36.4 Å². The molecule has 0 fully saturated rings. The van der Waals surface area contributed by atoms with Crippen molar-refractivity contribution in [2.45, 2.75) is 66.0 Å². The molecule has 0 saturated heterocycles. The van der Waals surface area contributed by atoms with E-state index in [1.165, 1.54) is 11.1 Å². The molecule has 1 amide bonds. The highest BCUT2D eigenvalue weighted by atomic mass is 16.5. The zero-order valence-electron chi connectivity index (χ0n) is 17.8. The number of esters is 1. The molecule has 1 N–H and O–H groups in total. The molecule has 1 aliphatic rings. The number of aromatic nitrogens is 2. The summed E-state index contributed by atoms with van der Waals surface area (Å²) in [5.74, 6) is -0.190. The van der Waals surface area contributed by atoms with Crippen LogP contribution >= 0.6 is 0 Å². The number of hydrogen-bond donors (Lipinski definition) is 1. The molecule has 1 heterocycles. The number of ether oxygens (including phenoxy) is 1. The van der Waals surface area contributed by atoms with Crippen molar-refractivity contribution in [3.05, 3.63) is 52.3 Å². The number of hydrogen-bond acceptors (Lipinski definition) is 4. The summed E-state index contributed by atoms with van der Waals surface area (Å²) < 4.78 is 7.19. The summed E-state index contributed by atoms with van der Waals surface area (Å²) in [7, 11) is 0. The van der Waals surface area contributed by atoms with E-state index in [9.17, 15) is 9.59 Å². The molecule has 1 unspecified atom stereocenters. The van der Waals surface area contributed by atoms with Gasteiger partial charge in [-0.1, -0.05) is 38.1 Å². The third-order valence-corrected chi connectivity index (χ3v) is 5.46. The van der Waals surface area contributed by atoms with Crippen molar-refractivity contribution >= 4 is 11.9 Å². The van der Waals surface area contributed by atoms with Gasteiger partial charge in [0.15, 0.2) is 6.61 Å². The SMILES string of the molecule is Cc1nn(CC(C)C)c(C)c1CC(=O)OCC(=O)NC1CCCc2ccccc21. The minimum absolute atomic E-state index is 0.00935. The molecule has 29 heavy (non-hydrogen) atoms. The molecule has 0 bridgehead atoms. The maximum absolute atomic E-state index is 12.3. The van der Waals surface area contributed by atoms with Crippen LogP contribution in [0.2, 0.25) is 0 Å². The lowest BCUT2D eigenvalue weighted by atomic mass is 9.88. The van der Waals surface area contributed by atoms with Crippen molar-refractivity contribution in [1.82, 2.24) is 15.1 Å². The average Bonchev–Trinajstić information content (AvgIpc) is 2.93. The van der Waals surface area contributed by atoms with Crippen LogP contribution in [0.4, 0.5) is 0 Å². The van der Waals surface area contributed by atoms with Crippen molar-refractivity contribution in [2.24, 2.45) is 5.92 Å². The molecular formula is C23H31N3O3. The number of aryl methyl sites for hydroxylation is 2. The van der Waals surface area contributed by atoms with Crippen molar-refractivity contribution in [3.8, 4) is 0 Å². The normalized spacial score (nSPS) is 15.8. The Kier molecular flexibility index (Phi) is 6.72. The largest absolute Gasteiger partial charge is 0.455 e. The van der Waals surface area contributed by atoms with Crippen LogP contribution in [0.25, 0.3) is 0 Å². The van der Waals surface area contributed by atoms with Crippen LogP contribution in [0.15, 0.2) is 24.3 Å². The Morgan fingerprint density at radius 2 is 2.03 bits per heavy atom. The summed E-state index contributed by atoms with van der Waals surface area (Å²) in [6.07, 6.45) is 3.13. The van der Waals surface area contributed by atoms with Crippen LogP contribution in [0, 0.1) is 19.8 Å². The topological polar surface area (TPSA) is 73.2 Å². The van der Waals surface area contributed by atoms with Gasteiger partial charge < -0.3 is 10.1 Å². The van der Waals surface area contributed by atoms with Gasteiger partial charge in [-0.25, -0.2) is 0 Å². The molecule has 0 radical (unpaired) electrons. The van der Waals surface area contributed by atoms with E-state index in [0.29, 0.717) is 5.92 Å². The lowest BCUT2D eigenvalue weighted by molar-refractivity contribution is -0.148. The molecule has 156 valence electrons. The van der Waals surface area contributed by atoms with Crippen molar-refractivity contribution in [1.29, 1.82) is 0 Å². The van der Waals surface area contributed by atoms with E-state index in [1.54, 1.807) is 0 Å². The maximum Gasteiger partial charge on any atom is 0.310 e. The Hall–Kier alpha value is -2.63. The molecule has 1 aromatic carbocycles. The molecule has 0 aliphatic heterocycles. The van der Waals surface area contributed by atoms with E-state index in [1.807, 2.05) is 30.7 Å². The predicted octanol–water partition coefficient (Wildman–Crippen LogP) is 3.44. The number of fused-ring (bicyclic) bond motifs is 1. The molecule has 6 heteroatoms. The Bertz CT molecular complexity index is 885. The highest BCUT2D eigenvalue weighted by molar-refractivity contribution is 5.81. The summed E-state index contributed by atoms with van der Waals surface area (Å²) in [5, 5.41) is 7.54. The number of nitrogens with one attached hydrogen (secondary N) is 1. The van der Waals surface area contributed by atoms with Gasteiger partial charge in [-0.2, -0.15) is 5.10 Å². The summed E-state index contributed by atoms with van der Waals surface area (Å²) >= 11 is 0. The van der Waals surface area contributed by atoms with Gasteiger partial charge in [0.05, 0.1) is 18.2 Å². The second-order valence-corrected chi connectivity index (χ2v) is 8.27. The van der Waals surface area contributed by atoms with Gasteiger partial charge in [-0.15, -0.1) is 0 Å². The van der Waals surface area contributed by atoms with Gasteiger partial charge in [-0.3, -0.25) is 14.3 Å². The van der Waals surface area contributed by atoms with Crippen LogP contribution in [0.1, 0.15) is 60.8 Å². The zero-order valence-corrected chi connectivity index (χ0v) is 17.8. The van der Waals surface area contributed by atoms with Crippen molar-refractivity contribution < 1.29 is 14.3 Å². The van der Waals surface area contributed by atoms with Gasteiger partial charge in [0.2, 0.25) is 0 Å². The first-order valence-electron chi connectivity index (χ1n) is 10.4. The number of rotatable bonds is 7. The number of amides is 1. The fourth-order valence-electron chi connectivity index (χ4n) is 3.99. The minimum atomic E-state index is -0.403. The number of benzene rings is 1. The second-order valence-electron chi connectivity index (χ2n) is 8.27. The molecule has 6 nitrogen and oxygen atoms in total. The van der Waals surface area contributed by atoms with Crippen molar-refractivity contribution in [3.63, 3.8) is 0 Å². The number of carbonyl (C=O) groups excluding carboxylic acids is 2. The Labute approximate surface area is 172 Å². The van der Waals surface area contributed by atoms with E-state index in [0.717, 1.165) is 42.8 Å². The third kappa shape index (κ3) is 5.25. The summed E-state index contributed by atoms with van der Waals surface area (Å²) in [6.45, 7) is 8.70. The van der Waals surface area contributed by atoms with Gasteiger partial charge in [0.1, 0.15) is 0 Å². The monoisotopic (exact) mass is 397 g/mol. The van der Waals surface area contributed by atoms with Gasteiger partial charge >= 0.3 is 5.97 Å². The Balaban J connectivity index is 1.53. The molecule has 2 aromatic rings. The zero-order chi connectivity index (χ0) is 21.0. The number of nitrogens with zero attached hydrogens (tertiary/aromatic N) is 2. The van der Waals surface area contributed by atoms with Gasteiger partial charge in [-0.05, 0) is 50.2 Å². The van der Waals surface area contributed by atoms with E-state index in [-0.39, 0.29) is 25.0 Å². The number of carbonyl (C=O) groups is 2. The Morgan fingerprint density at radius 3 is 2.79 bits per heavy atom. The first-order valence-corrected chi connectivity index (χ1v) is 10.4. The molecule has 0 spiro atoms. The van der Waals surface area contributed by atoms with Crippen LogP contribution in [-0.4, -0.2) is 28.3 Å². The smallest absolute Gasteiger partial charge is 0.310 e. The van der Waals surface area contributed by atoms with Crippen LogP contribution in [-0.2, 0) is 33.7 Å². The first kappa shape index (κ1) is 21.1. The van der Waals surface area contributed by atoms with Gasteiger partial charge in [0, 0.05) is 17.8 Å². The third-order valence-electron chi connectivity index (χ3n) is 5.46. The lowest BCUT2D eigenvalue weighted by Crippen LogP contribution is -2.34. The van der Waals surface area contributed by atoms with E-state index >= 15 is 0 Å². The van der Waals surface area contributed by atoms with Crippen LogP contribution in [0.3, 0.4) is 0 Å². The Morgan fingerprint density at radius 1 is 1.28 bits per heavy atom. The standard InChI is InChI=1S/C23H31N3O3/c1-15(2)13-26-17(4)20(16(3)25-26)12-23(28)29-14-22(27)24-21-11-7-9-18-8-5-6-10-19(18)21/h5-6,8,10,15,21H,7,9,11-14H2,1-4H3,(H,24,27). The van der Waals surface area contributed by atoms with Crippen molar-refractivity contribution in [2.75, 3.05) is 6.61 Å². The minimum Gasteiger partial charge on any atom is -0.455 e. The quantitative estimate of drug-likeness (QED) is 0.727. The summed E-state index contributed by atoms with van der Waals surface area (Å²) in [5.41, 5.74) is 5.16. The maximum atomic E-state index is 12.3. The van der Waals surface area contributed by atoms with Crippen LogP contribution in [0.5, 0.6) is 0 Å². The molecule has 0 saturated carbocycles.